The summed E-state index contributed by atoms with van der Waals surface area (Å²) in [5.74, 6) is 1.68. The zero-order valence-corrected chi connectivity index (χ0v) is 12.7. The lowest BCUT2D eigenvalue weighted by molar-refractivity contribution is 0.553. The van der Waals surface area contributed by atoms with Crippen LogP contribution >= 0.6 is 0 Å². The molecule has 0 saturated carbocycles. The third kappa shape index (κ3) is 2.87. The highest BCUT2D eigenvalue weighted by Crippen LogP contribution is 2.28. The van der Waals surface area contributed by atoms with Gasteiger partial charge < -0.3 is 9.73 Å². The smallest absolute Gasteiger partial charge is 0.168 e. The molecule has 3 rings (SSSR count). The maximum absolute atomic E-state index is 5.49. The zero-order chi connectivity index (χ0) is 14.7. The van der Waals surface area contributed by atoms with E-state index in [1.807, 2.05) is 12.1 Å². The van der Waals surface area contributed by atoms with Gasteiger partial charge in [-0.1, -0.05) is 43.2 Å². The van der Waals surface area contributed by atoms with E-state index in [1.54, 1.807) is 6.26 Å². The van der Waals surface area contributed by atoms with Crippen LogP contribution < -0.4 is 5.32 Å². The molecule has 110 valence electrons. The number of nitrogens with one attached hydrogen (secondary N) is 1. The largest absolute Gasteiger partial charge is 0.461 e. The number of hydrogen-bond acceptors (Lipinski definition) is 3. The predicted octanol–water partition coefficient (Wildman–Crippen LogP) is 4.00. The SMILES string of the molecule is CCC/C=C(\C)C1NC(c2ccco2)=NC1C1=CC=CC1. The maximum Gasteiger partial charge on any atom is 0.168 e. The van der Waals surface area contributed by atoms with Crippen LogP contribution in [0.2, 0.25) is 0 Å². The van der Waals surface area contributed by atoms with E-state index in [9.17, 15) is 0 Å². The van der Waals surface area contributed by atoms with Crippen molar-refractivity contribution >= 4 is 5.84 Å². The molecule has 0 radical (unpaired) electrons. The zero-order valence-electron chi connectivity index (χ0n) is 12.7. The molecule has 2 heterocycles. The maximum atomic E-state index is 5.49. The Morgan fingerprint density at radius 2 is 2.43 bits per heavy atom. The van der Waals surface area contributed by atoms with Crippen molar-refractivity contribution in [1.29, 1.82) is 0 Å². The van der Waals surface area contributed by atoms with Crippen molar-refractivity contribution in [3.05, 3.63) is 59.6 Å². The van der Waals surface area contributed by atoms with Crippen molar-refractivity contribution in [2.24, 2.45) is 4.99 Å². The molecule has 1 aliphatic carbocycles. The molecule has 21 heavy (non-hydrogen) atoms. The van der Waals surface area contributed by atoms with E-state index in [2.05, 4.69) is 43.5 Å². The molecule has 1 aromatic heterocycles. The van der Waals surface area contributed by atoms with Gasteiger partial charge >= 0.3 is 0 Å². The summed E-state index contributed by atoms with van der Waals surface area (Å²) in [7, 11) is 0. The molecule has 2 aliphatic rings. The Bertz CT molecular complexity index is 605. The number of hydrogen-bond donors (Lipinski definition) is 1. The van der Waals surface area contributed by atoms with E-state index in [1.165, 1.54) is 17.6 Å². The minimum atomic E-state index is 0.174. The number of nitrogens with zero attached hydrogens (tertiary/aromatic N) is 1. The van der Waals surface area contributed by atoms with Crippen LogP contribution in [0.1, 0.15) is 38.9 Å². The highest BCUT2D eigenvalue weighted by atomic mass is 16.3. The van der Waals surface area contributed by atoms with Gasteiger partial charge in [0.2, 0.25) is 0 Å². The van der Waals surface area contributed by atoms with E-state index >= 15 is 0 Å². The Labute approximate surface area is 126 Å². The molecule has 2 atom stereocenters. The van der Waals surface area contributed by atoms with Crippen LogP contribution in [0.3, 0.4) is 0 Å². The van der Waals surface area contributed by atoms with Gasteiger partial charge in [0.1, 0.15) is 0 Å². The number of rotatable bonds is 5. The fraction of sp³-hybridized carbons (Fsp3) is 0.389. The summed E-state index contributed by atoms with van der Waals surface area (Å²) in [6.07, 6.45) is 13.8. The highest BCUT2D eigenvalue weighted by molar-refractivity contribution is 5.98. The first kappa shape index (κ1) is 13.9. The van der Waals surface area contributed by atoms with Gasteiger partial charge in [0.05, 0.1) is 18.3 Å². The number of aliphatic imine (C=N–C) groups is 1. The molecule has 2 unspecified atom stereocenters. The first-order chi connectivity index (χ1) is 10.3. The Morgan fingerprint density at radius 3 is 3.10 bits per heavy atom. The van der Waals surface area contributed by atoms with Crippen molar-refractivity contribution < 1.29 is 4.42 Å². The summed E-state index contributed by atoms with van der Waals surface area (Å²) in [5, 5.41) is 3.55. The van der Waals surface area contributed by atoms with Gasteiger partial charge in [0.15, 0.2) is 11.6 Å². The molecule has 1 aliphatic heterocycles. The van der Waals surface area contributed by atoms with Crippen molar-refractivity contribution in [3.63, 3.8) is 0 Å². The number of unbranched alkanes of at least 4 members (excludes halogenated alkanes) is 1. The van der Waals surface area contributed by atoms with Gasteiger partial charge in [-0.2, -0.15) is 0 Å². The van der Waals surface area contributed by atoms with Crippen LogP contribution in [0.25, 0.3) is 0 Å². The van der Waals surface area contributed by atoms with Crippen molar-refractivity contribution in [3.8, 4) is 0 Å². The van der Waals surface area contributed by atoms with E-state index in [0.717, 1.165) is 24.4 Å². The molecule has 1 N–H and O–H groups in total. The van der Waals surface area contributed by atoms with Crippen LogP contribution in [-0.2, 0) is 0 Å². The fourth-order valence-corrected chi connectivity index (χ4v) is 2.87. The monoisotopic (exact) mass is 282 g/mol. The summed E-state index contributed by atoms with van der Waals surface area (Å²) in [6.45, 7) is 4.40. The van der Waals surface area contributed by atoms with Gasteiger partial charge in [-0.3, -0.25) is 4.99 Å². The third-order valence-corrected chi connectivity index (χ3v) is 4.06. The van der Waals surface area contributed by atoms with Crippen molar-refractivity contribution in [2.75, 3.05) is 0 Å². The molecular formula is C18H22N2O. The van der Waals surface area contributed by atoms with Gasteiger partial charge in [0, 0.05) is 0 Å². The van der Waals surface area contributed by atoms with Crippen LogP contribution in [0.5, 0.6) is 0 Å². The molecule has 3 heteroatoms. The summed E-state index contributed by atoms with van der Waals surface area (Å²) < 4.78 is 5.49. The minimum absolute atomic E-state index is 0.174. The van der Waals surface area contributed by atoms with Crippen molar-refractivity contribution in [2.45, 2.75) is 45.2 Å². The summed E-state index contributed by atoms with van der Waals surface area (Å²) >= 11 is 0. The number of amidine groups is 1. The number of furan rings is 1. The molecule has 1 aromatic rings. The average Bonchev–Trinajstić information content (AvgIpc) is 3.24. The van der Waals surface area contributed by atoms with E-state index < -0.39 is 0 Å². The summed E-state index contributed by atoms with van der Waals surface area (Å²) in [5.41, 5.74) is 2.73. The Hall–Kier alpha value is -2.03. The van der Waals surface area contributed by atoms with Crippen molar-refractivity contribution in [1.82, 2.24) is 5.32 Å². The van der Waals surface area contributed by atoms with Gasteiger partial charge in [0.25, 0.3) is 0 Å². The Kier molecular flexibility index (Phi) is 4.09. The molecular weight excluding hydrogens is 260 g/mol. The highest BCUT2D eigenvalue weighted by Gasteiger charge is 2.33. The lowest BCUT2D eigenvalue weighted by atomic mass is 9.94. The predicted molar refractivity (Wildman–Crippen MR) is 86.5 cm³/mol. The molecule has 0 bridgehead atoms. The molecule has 3 nitrogen and oxygen atoms in total. The molecule has 0 amide bonds. The van der Waals surface area contributed by atoms with Gasteiger partial charge in [-0.05, 0) is 37.5 Å². The van der Waals surface area contributed by atoms with E-state index in [-0.39, 0.29) is 12.1 Å². The Balaban J connectivity index is 1.86. The molecule has 0 fully saturated rings. The second kappa shape index (κ2) is 6.17. The van der Waals surface area contributed by atoms with Crippen LogP contribution in [0.15, 0.2) is 63.3 Å². The average molecular weight is 282 g/mol. The number of allylic oxidation sites excluding steroid dienone is 4. The lowest BCUT2D eigenvalue weighted by Gasteiger charge is -2.20. The molecule has 0 spiro atoms. The van der Waals surface area contributed by atoms with Gasteiger partial charge in [-0.25, -0.2) is 0 Å². The topological polar surface area (TPSA) is 37.5 Å². The van der Waals surface area contributed by atoms with E-state index in [0.29, 0.717) is 0 Å². The molecule has 0 saturated heterocycles. The fourth-order valence-electron chi connectivity index (χ4n) is 2.87. The lowest BCUT2D eigenvalue weighted by Crippen LogP contribution is -2.36. The third-order valence-electron chi connectivity index (χ3n) is 4.06. The molecule has 0 aromatic carbocycles. The first-order valence-electron chi connectivity index (χ1n) is 7.70. The minimum Gasteiger partial charge on any atom is -0.461 e. The normalized spacial score (nSPS) is 25.0. The van der Waals surface area contributed by atoms with Gasteiger partial charge in [-0.15, -0.1) is 0 Å². The van der Waals surface area contributed by atoms with Crippen LogP contribution in [-0.4, -0.2) is 17.9 Å². The quantitative estimate of drug-likeness (QED) is 0.829. The van der Waals surface area contributed by atoms with E-state index in [4.69, 9.17) is 9.41 Å². The standard InChI is InChI=1S/C18H22N2O/c1-3-4-8-13(2)16-17(14-9-5-6-10-14)20-18(19-16)15-11-7-12-21-15/h5-9,11-12,16-17H,3-4,10H2,1-2H3,(H,19,20)/b13-8+. The summed E-state index contributed by atoms with van der Waals surface area (Å²) in [4.78, 5) is 4.89. The first-order valence-corrected chi connectivity index (χ1v) is 7.70. The van der Waals surface area contributed by atoms with Crippen LogP contribution in [0, 0.1) is 0 Å². The second-order valence-corrected chi connectivity index (χ2v) is 5.63. The van der Waals surface area contributed by atoms with Crippen LogP contribution in [0.4, 0.5) is 0 Å². The second-order valence-electron chi connectivity index (χ2n) is 5.63. The summed E-state index contributed by atoms with van der Waals surface area (Å²) in [6, 6.07) is 4.27. The Morgan fingerprint density at radius 1 is 1.52 bits per heavy atom.